The Bertz CT molecular complexity index is 131. The van der Waals surface area contributed by atoms with E-state index in [9.17, 15) is 0 Å². The molecular formula is C9H18O2. The highest BCUT2D eigenvalue weighted by molar-refractivity contribution is 4.88. The average molecular weight is 158 g/mol. The van der Waals surface area contributed by atoms with Gasteiger partial charge in [-0.1, -0.05) is 6.08 Å². The van der Waals surface area contributed by atoms with Crippen LogP contribution in [0.15, 0.2) is 12.7 Å². The molecule has 0 aliphatic heterocycles. The van der Waals surface area contributed by atoms with Gasteiger partial charge >= 0.3 is 0 Å². The predicted molar refractivity (Wildman–Crippen MR) is 46.2 cm³/mol. The van der Waals surface area contributed by atoms with Gasteiger partial charge in [0.25, 0.3) is 0 Å². The highest BCUT2D eigenvalue weighted by Crippen LogP contribution is 2.16. The molecule has 0 unspecified atom stereocenters. The zero-order valence-electron chi connectivity index (χ0n) is 8.10. The van der Waals surface area contributed by atoms with Crippen LogP contribution in [-0.2, 0) is 9.78 Å². The molecule has 0 atom stereocenters. The molecule has 0 aromatic carbocycles. The lowest BCUT2D eigenvalue weighted by atomic mass is 10.1. The fourth-order valence-electron chi connectivity index (χ4n) is 0.266. The predicted octanol–water partition coefficient (Wildman–Crippen LogP) is 2.70. The Hall–Kier alpha value is -0.340. The van der Waals surface area contributed by atoms with E-state index in [1.54, 1.807) is 6.08 Å². The van der Waals surface area contributed by atoms with Crippen molar-refractivity contribution in [3.05, 3.63) is 12.7 Å². The second-order valence-corrected chi connectivity index (χ2v) is 4.09. The Morgan fingerprint density at radius 1 is 1.00 bits per heavy atom. The van der Waals surface area contributed by atoms with Gasteiger partial charge < -0.3 is 0 Å². The van der Waals surface area contributed by atoms with Crippen LogP contribution in [0.4, 0.5) is 0 Å². The van der Waals surface area contributed by atoms with Crippen LogP contribution >= 0.6 is 0 Å². The molecule has 0 bridgehead atoms. The largest absolute Gasteiger partial charge is 0.230 e. The molecule has 0 aliphatic carbocycles. The SMILES string of the molecule is C=CC(C)(C)OOC(C)(C)C. The van der Waals surface area contributed by atoms with Crippen LogP contribution in [0.3, 0.4) is 0 Å². The molecule has 0 amide bonds. The second kappa shape index (κ2) is 3.37. The highest BCUT2D eigenvalue weighted by atomic mass is 17.2. The van der Waals surface area contributed by atoms with Crippen molar-refractivity contribution in [2.45, 2.75) is 45.8 Å². The molecule has 0 fully saturated rings. The van der Waals surface area contributed by atoms with E-state index in [1.807, 2.05) is 34.6 Å². The third kappa shape index (κ3) is 6.07. The maximum atomic E-state index is 5.12. The Kier molecular flexibility index (Phi) is 3.27. The van der Waals surface area contributed by atoms with E-state index in [2.05, 4.69) is 6.58 Å². The first-order valence-corrected chi connectivity index (χ1v) is 3.77. The van der Waals surface area contributed by atoms with Crippen molar-refractivity contribution in [2.24, 2.45) is 0 Å². The first-order valence-electron chi connectivity index (χ1n) is 3.77. The lowest BCUT2D eigenvalue weighted by Gasteiger charge is -2.25. The van der Waals surface area contributed by atoms with Gasteiger partial charge in [0.1, 0.15) is 5.60 Å². The van der Waals surface area contributed by atoms with E-state index in [0.29, 0.717) is 0 Å². The van der Waals surface area contributed by atoms with Gasteiger partial charge in [-0.3, -0.25) is 0 Å². The number of rotatable bonds is 3. The Labute approximate surface area is 69.1 Å². The van der Waals surface area contributed by atoms with Crippen molar-refractivity contribution in [2.75, 3.05) is 0 Å². The van der Waals surface area contributed by atoms with Crippen molar-refractivity contribution in [1.82, 2.24) is 0 Å². The number of hydrogen-bond donors (Lipinski definition) is 0. The minimum absolute atomic E-state index is 0.264. The van der Waals surface area contributed by atoms with Crippen LogP contribution in [0.2, 0.25) is 0 Å². The van der Waals surface area contributed by atoms with E-state index >= 15 is 0 Å². The fourth-order valence-corrected chi connectivity index (χ4v) is 0.266. The topological polar surface area (TPSA) is 18.5 Å². The molecule has 0 aliphatic rings. The summed E-state index contributed by atoms with van der Waals surface area (Å²) >= 11 is 0. The third-order valence-electron chi connectivity index (χ3n) is 0.998. The molecule has 0 aromatic rings. The highest BCUT2D eigenvalue weighted by Gasteiger charge is 2.19. The van der Waals surface area contributed by atoms with Crippen molar-refractivity contribution in [3.8, 4) is 0 Å². The van der Waals surface area contributed by atoms with E-state index in [-0.39, 0.29) is 5.60 Å². The molecule has 0 radical (unpaired) electrons. The molecule has 0 spiro atoms. The van der Waals surface area contributed by atoms with Gasteiger partial charge in [-0.15, -0.1) is 6.58 Å². The monoisotopic (exact) mass is 158 g/mol. The lowest BCUT2D eigenvalue weighted by Crippen LogP contribution is -2.28. The van der Waals surface area contributed by atoms with Gasteiger partial charge in [0, 0.05) is 0 Å². The first kappa shape index (κ1) is 10.7. The maximum Gasteiger partial charge on any atom is 0.116 e. The van der Waals surface area contributed by atoms with Crippen LogP contribution in [0.5, 0.6) is 0 Å². The van der Waals surface area contributed by atoms with Crippen molar-refractivity contribution >= 4 is 0 Å². The molecule has 0 N–H and O–H groups in total. The van der Waals surface area contributed by atoms with Crippen molar-refractivity contribution < 1.29 is 9.78 Å². The standard InChI is InChI=1S/C9H18O2/c1-7-9(5,6)11-10-8(2,3)4/h7H,1H2,2-6H3. The van der Waals surface area contributed by atoms with Gasteiger partial charge in [-0.05, 0) is 34.6 Å². The molecule has 11 heavy (non-hydrogen) atoms. The van der Waals surface area contributed by atoms with Gasteiger partial charge in [-0.2, -0.15) is 0 Å². The quantitative estimate of drug-likeness (QED) is 0.357. The van der Waals surface area contributed by atoms with E-state index < -0.39 is 5.60 Å². The van der Waals surface area contributed by atoms with Crippen LogP contribution in [0.25, 0.3) is 0 Å². The molecule has 66 valence electrons. The molecule has 0 rings (SSSR count). The summed E-state index contributed by atoms with van der Waals surface area (Å²) in [5.41, 5.74) is -0.673. The van der Waals surface area contributed by atoms with E-state index in [1.165, 1.54) is 0 Å². The van der Waals surface area contributed by atoms with Gasteiger partial charge in [0.05, 0.1) is 5.60 Å². The molecule has 2 heteroatoms. The van der Waals surface area contributed by atoms with E-state index in [4.69, 9.17) is 9.78 Å². The van der Waals surface area contributed by atoms with Crippen LogP contribution in [0, 0.1) is 0 Å². The van der Waals surface area contributed by atoms with Crippen LogP contribution < -0.4 is 0 Å². The third-order valence-corrected chi connectivity index (χ3v) is 0.998. The molecule has 0 saturated carbocycles. The Morgan fingerprint density at radius 2 is 1.45 bits per heavy atom. The zero-order valence-corrected chi connectivity index (χ0v) is 8.10. The minimum atomic E-state index is -0.409. The molecule has 0 heterocycles. The number of hydrogen-bond acceptors (Lipinski definition) is 2. The lowest BCUT2D eigenvalue weighted by molar-refractivity contribution is -0.386. The fraction of sp³-hybridized carbons (Fsp3) is 0.778. The van der Waals surface area contributed by atoms with Crippen molar-refractivity contribution in [1.29, 1.82) is 0 Å². The Balaban J connectivity index is 3.79. The first-order chi connectivity index (χ1) is 4.77. The van der Waals surface area contributed by atoms with Crippen LogP contribution in [0.1, 0.15) is 34.6 Å². The van der Waals surface area contributed by atoms with Crippen LogP contribution in [-0.4, -0.2) is 11.2 Å². The summed E-state index contributed by atoms with van der Waals surface area (Å²) in [6.45, 7) is 13.2. The smallest absolute Gasteiger partial charge is 0.116 e. The zero-order chi connectivity index (χ0) is 9.12. The van der Waals surface area contributed by atoms with Gasteiger partial charge in [-0.25, -0.2) is 9.78 Å². The van der Waals surface area contributed by atoms with Crippen molar-refractivity contribution in [3.63, 3.8) is 0 Å². The van der Waals surface area contributed by atoms with Gasteiger partial charge in [0.2, 0.25) is 0 Å². The molecule has 0 aromatic heterocycles. The maximum absolute atomic E-state index is 5.12. The van der Waals surface area contributed by atoms with E-state index in [0.717, 1.165) is 0 Å². The minimum Gasteiger partial charge on any atom is -0.230 e. The average Bonchev–Trinajstić information content (AvgIpc) is 1.83. The normalized spacial score (nSPS) is 13.2. The summed E-state index contributed by atoms with van der Waals surface area (Å²) in [5.74, 6) is 0. The summed E-state index contributed by atoms with van der Waals surface area (Å²) in [6.07, 6.45) is 1.71. The molecular weight excluding hydrogens is 140 g/mol. The molecule has 0 saturated heterocycles. The molecule has 2 nitrogen and oxygen atoms in total. The van der Waals surface area contributed by atoms with Gasteiger partial charge in [0.15, 0.2) is 0 Å². The summed E-state index contributed by atoms with van der Waals surface area (Å²) in [6, 6.07) is 0. The Morgan fingerprint density at radius 3 is 1.73 bits per heavy atom. The summed E-state index contributed by atoms with van der Waals surface area (Å²) in [4.78, 5) is 10.2. The second-order valence-electron chi connectivity index (χ2n) is 4.09. The summed E-state index contributed by atoms with van der Waals surface area (Å²) < 4.78 is 0. The summed E-state index contributed by atoms with van der Waals surface area (Å²) in [5, 5.41) is 0. The summed E-state index contributed by atoms with van der Waals surface area (Å²) in [7, 11) is 0.